The highest BCUT2D eigenvalue weighted by Gasteiger charge is 2.19. The topological polar surface area (TPSA) is 49.7 Å². The summed E-state index contributed by atoms with van der Waals surface area (Å²) in [5.41, 5.74) is 2.04. The molecule has 1 aromatic rings. The first-order valence-electron chi connectivity index (χ1n) is 8.08. The van der Waals surface area contributed by atoms with Gasteiger partial charge < -0.3 is 0 Å². The number of isocyanates is 1. The number of carbonyl (C=O) groups excluding carboxylic acids is 2. The van der Waals surface area contributed by atoms with Crippen molar-refractivity contribution in [3.8, 4) is 0 Å². The fourth-order valence-corrected chi connectivity index (χ4v) is 2.68. The van der Waals surface area contributed by atoms with Crippen LogP contribution in [0.25, 0.3) is 0 Å². The Morgan fingerprint density at radius 3 is 2.76 bits per heavy atom. The molecule has 5 heteroatoms. The number of amides is 1. The quantitative estimate of drug-likeness (QED) is 0.318. The molecule has 0 fully saturated rings. The number of anilines is 1. The van der Waals surface area contributed by atoms with Crippen LogP contribution < -0.4 is 4.90 Å². The Bertz CT molecular complexity index is 789. The first-order valence-corrected chi connectivity index (χ1v) is 8.46. The summed E-state index contributed by atoms with van der Waals surface area (Å²) >= 11 is 5.82. The molecule has 1 aliphatic carbocycles. The minimum Gasteiger partial charge on any atom is -0.295 e. The van der Waals surface area contributed by atoms with Crippen molar-refractivity contribution in [2.24, 2.45) is 4.99 Å². The van der Waals surface area contributed by atoms with E-state index in [1.807, 2.05) is 42.5 Å². The fraction of sp³-hybridized carbons (Fsp3) is 0.300. The Morgan fingerprint density at radius 2 is 2.12 bits per heavy atom. The highest BCUT2D eigenvalue weighted by Crippen LogP contribution is 2.25. The molecule has 2 rings (SSSR count). The number of aliphatic imine (C=N–C) groups is 1. The molecule has 1 atom stereocenters. The summed E-state index contributed by atoms with van der Waals surface area (Å²) in [7, 11) is 0. The minimum atomic E-state index is -0.729. The summed E-state index contributed by atoms with van der Waals surface area (Å²) in [5, 5.41) is -0.544. The van der Waals surface area contributed by atoms with Gasteiger partial charge in [0, 0.05) is 5.69 Å². The number of carbonyl (C=O) groups is 1. The smallest absolute Gasteiger partial charge is 0.295 e. The van der Waals surface area contributed by atoms with Gasteiger partial charge in [-0.05, 0) is 47.7 Å². The monoisotopic (exact) mass is 356 g/mol. The lowest BCUT2D eigenvalue weighted by atomic mass is 10.0. The number of hydrogen-bond donors (Lipinski definition) is 0. The van der Waals surface area contributed by atoms with Crippen LogP contribution in [0.1, 0.15) is 32.3 Å². The summed E-state index contributed by atoms with van der Waals surface area (Å²) in [6, 6.07) is 7.79. The molecule has 0 N–H and O–H groups in total. The molecule has 0 saturated carbocycles. The Morgan fingerprint density at radius 1 is 1.36 bits per heavy atom. The Labute approximate surface area is 153 Å². The summed E-state index contributed by atoms with van der Waals surface area (Å²) in [6.07, 6.45) is 10.7. The normalized spacial score (nSPS) is 19.2. The molecular formula is C20H21ClN2O2. The number of nitrogens with zero attached hydrogens (tertiary/aromatic N) is 2. The predicted molar refractivity (Wildman–Crippen MR) is 102 cm³/mol. The third kappa shape index (κ3) is 5.02. The first-order chi connectivity index (χ1) is 11.8. The van der Waals surface area contributed by atoms with Gasteiger partial charge in [-0.25, -0.2) is 4.79 Å². The van der Waals surface area contributed by atoms with E-state index in [4.69, 9.17) is 11.6 Å². The van der Waals surface area contributed by atoms with Crippen LogP contribution in [0.3, 0.4) is 0 Å². The average molecular weight is 357 g/mol. The largest absolute Gasteiger partial charge is 0.321 e. The highest BCUT2D eigenvalue weighted by molar-refractivity contribution is 6.66. The van der Waals surface area contributed by atoms with Gasteiger partial charge in [-0.2, -0.15) is 4.99 Å². The first kappa shape index (κ1) is 18.9. The molecular weight excluding hydrogens is 336 g/mol. The molecule has 0 spiro atoms. The summed E-state index contributed by atoms with van der Waals surface area (Å²) in [5.74, 6) is 0.356. The van der Waals surface area contributed by atoms with E-state index in [1.165, 1.54) is 4.90 Å². The molecule has 0 aliphatic heterocycles. The molecule has 1 unspecified atom stereocenters. The Balaban J connectivity index is 2.28. The Hall–Kier alpha value is -2.42. The fourth-order valence-electron chi connectivity index (χ4n) is 2.52. The molecule has 1 amide bonds. The van der Waals surface area contributed by atoms with Gasteiger partial charge >= 0.3 is 5.37 Å². The lowest BCUT2D eigenvalue weighted by Gasteiger charge is -2.22. The number of benzene rings is 1. The SMILES string of the molecule is CC(C)c1cccc(N(CC2=CC=CC(C)(N=C=O)C=C2)C(=O)Cl)c1. The van der Waals surface area contributed by atoms with Crippen LogP contribution in [0.2, 0.25) is 0 Å². The van der Waals surface area contributed by atoms with Crippen molar-refractivity contribution in [1.82, 2.24) is 0 Å². The van der Waals surface area contributed by atoms with E-state index in [0.717, 1.165) is 16.8 Å². The minimum absolute atomic E-state index is 0.325. The van der Waals surface area contributed by atoms with Crippen LogP contribution >= 0.6 is 11.6 Å². The van der Waals surface area contributed by atoms with Gasteiger partial charge in [0.2, 0.25) is 6.08 Å². The second-order valence-corrected chi connectivity index (χ2v) is 6.78. The van der Waals surface area contributed by atoms with Crippen LogP contribution in [-0.4, -0.2) is 23.5 Å². The molecule has 0 bridgehead atoms. The van der Waals surface area contributed by atoms with Gasteiger partial charge in [-0.3, -0.25) is 9.69 Å². The number of hydrogen-bond acceptors (Lipinski definition) is 3. The van der Waals surface area contributed by atoms with Gasteiger partial charge in [0.05, 0.1) is 6.54 Å². The molecule has 4 nitrogen and oxygen atoms in total. The number of halogens is 1. The lowest BCUT2D eigenvalue weighted by Crippen LogP contribution is -2.28. The summed E-state index contributed by atoms with van der Waals surface area (Å²) < 4.78 is 0. The van der Waals surface area contributed by atoms with Crippen LogP contribution in [-0.2, 0) is 4.79 Å². The van der Waals surface area contributed by atoms with Gasteiger partial charge in [-0.15, -0.1) is 0 Å². The molecule has 130 valence electrons. The standard InChI is InChI=1S/C20H21ClN2O2/c1-15(2)17-7-4-8-18(12-17)23(19(21)25)13-16-6-5-10-20(3,11-9-16)22-14-24/h4-12,15H,13H2,1-3H3. The summed E-state index contributed by atoms with van der Waals surface area (Å²) in [6.45, 7) is 6.33. The van der Waals surface area contributed by atoms with Crippen LogP contribution in [0.5, 0.6) is 0 Å². The van der Waals surface area contributed by atoms with Gasteiger partial charge in [-0.1, -0.05) is 56.4 Å². The molecule has 0 aromatic heterocycles. The molecule has 0 radical (unpaired) electrons. The zero-order valence-corrected chi connectivity index (χ0v) is 15.3. The average Bonchev–Trinajstić information content (AvgIpc) is 2.74. The van der Waals surface area contributed by atoms with E-state index in [1.54, 1.807) is 25.2 Å². The van der Waals surface area contributed by atoms with Crippen LogP contribution in [0, 0.1) is 0 Å². The molecule has 0 saturated heterocycles. The third-order valence-electron chi connectivity index (χ3n) is 4.07. The molecule has 25 heavy (non-hydrogen) atoms. The maximum absolute atomic E-state index is 12.0. The molecule has 1 aromatic carbocycles. The van der Waals surface area contributed by atoms with Gasteiger partial charge in [0.25, 0.3) is 0 Å². The highest BCUT2D eigenvalue weighted by atomic mass is 35.5. The van der Waals surface area contributed by atoms with Crippen molar-refractivity contribution < 1.29 is 9.59 Å². The van der Waals surface area contributed by atoms with E-state index in [0.29, 0.717) is 12.5 Å². The van der Waals surface area contributed by atoms with Gasteiger partial charge in [0.1, 0.15) is 5.54 Å². The van der Waals surface area contributed by atoms with E-state index < -0.39 is 10.9 Å². The zero-order chi connectivity index (χ0) is 18.4. The number of rotatable bonds is 5. The maximum Gasteiger partial charge on any atom is 0.321 e. The van der Waals surface area contributed by atoms with Crippen molar-refractivity contribution >= 4 is 28.7 Å². The lowest BCUT2D eigenvalue weighted by molar-refractivity contribution is 0.264. The van der Waals surface area contributed by atoms with E-state index in [9.17, 15) is 9.59 Å². The third-order valence-corrected chi connectivity index (χ3v) is 4.27. The molecule has 1 aliphatic rings. The Kier molecular flexibility index (Phi) is 6.13. The van der Waals surface area contributed by atoms with Crippen molar-refractivity contribution in [3.63, 3.8) is 0 Å². The van der Waals surface area contributed by atoms with E-state index in [-0.39, 0.29) is 0 Å². The van der Waals surface area contributed by atoms with Crippen molar-refractivity contribution in [3.05, 3.63) is 65.8 Å². The van der Waals surface area contributed by atoms with Crippen LogP contribution in [0.4, 0.5) is 10.5 Å². The maximum atomic E-state index is 12.0. The second kappa shape index (κ2) is 8.11. The zero-order valence-electron chi connectivity index (χ0n) is 14.6. The second-order valence-electron chi connectivity index (χ2n) is 6.45. The summed E-state index contributed by atoms with van der Waals surface area (Å²) in [4.78, 5) is 27.8. The van der Waals surface area contributed by atoms with E-state index >= 15 is 0 Å². The van der Waals surface area contributed by atoms with Gasteiger partial charge in [0.15, 0.2) is 0 Å². The number of allylic oxidation sites excluding steroid dienone is 2. The predicted octanol–water partition coefficient (Wildman–Crippen LogP) is 5.12. The van der Waals surface area contributed by atoms with Crippen molar-refractivity contribution in [2.45, 2.75) is 32.2 Å². The van der Waals surface area contributed by atoms with Crippen molar-refractivity contribution in [1.29, 1.82) is 0 Å². The van der Waals surface area contributed by atoms with E-state index in [2.05, 4.69) is 18.8 Å². The van der Waals surface area contributed by atoms with Crippen LogP contribution in [0.15, 0.2) is 65.2 Å². The van der Waals surface area contributed by atoms with Crippen molar-refractivity contribution in [2.75, 3.05) is 11.4 Å². The molecule has 0 heterocycles.